The average Bonchev–Trinajstić information content (AvgIpc) is 2.51. The van der Waals surface area contributed by atoms with Crippen LogP contribution in [0.2, 0.25) is 0 Å². The molecule has 0 spiro atoms. The van der Waals surface area contributed by atoms with E-state index in [0.29, 0.717) is 0 Å². The summed E-state index contributed by atoms with van der Waals surface area (Å²) in [6, 6.07) is 2.15. The predicted molar refractivity (Wildman–Crippen MR) is 82.7 cm³/mol. The second-order valence-electron chi connectivity index (χ2n) is 4.37. The Balaban J connectivity index is 3.58. The summed E-state index contributed by atoms with van der Waals surface area (Å²) in [7, 11) is 5.36. The zero-order chi connectivity index (χ0) is 17.7. The maximum absolute atomic E-state index is 11.8. The number of hydrogen-bond acceptors (Lipinski definition) is 8. The average molecular weight is 342 g/mol. The lowest BCUT2D eigenvalue weighted by Crippen LogP contribution is -2.25. The molecular weight excluding hydrogens is 328 g/mol. The normalized spacial score (nSPS) is 9.74. The fourth-order valence-electron chi connectivity index (χ4n) is 1.59. The first kappa shape index (κ1) is 18.3. The number of thiocarbonyl (C=S) groups is 1. The molecule has 0 amide bonds. The molecule has 0 bridgehead atoms. The van der Waals surface area contributed by atoms with Crippen LogP contribution >= 0.6 is 12.2 Å². The van der Waals surface area contributed by atoms with Gasteiger partial charge in [-0.25, -0.2) is 9.59 Å². The summed E-state index contributed by atoms with van der Waals surface area (Å²) in [6.45, 7) is 0. The predicted octanol–water partition coefficient (Wildman–Crippen LogP) is 1.39. The topological polar surface area (TPSA) is 108 Å². The van der Waals surface area contributed by atoms with Crippen molar-refractivity contribution in [2.24, 2.45) is 0 Å². The zero-order valence-corrected chi connectivity index (χ0v) is 13.6. The summed E-state index contributed by atoms with van der Waals surface area (Å²) in [5.41, 5.74) is -1.62. The van der Waals surface area contributed by atoms with Gasteiger partial charge in [-0.05, 0) is 12.2 Å². The fraction of sp³-hybridized carbons (Fsp3) is 0.308. The number of ether oxygens (including phenoxy) is 3. The van der Waals surface area contributed by atoms with E-state index in [4.69, 9.17) is 17.0 Å². The van der Waals surface area contributed by atoms with Crippen LogP contribution in [0.4, 0.5) is 5.69 Å². The molecule has 0 aromatic heterocycles. The van der Waals surface area contributed by atoms with Crippen LogP contribution in [0, 0.1) is 10.1 Å². The van der Waals surface area contributed by atoms with E-state index in [0.717, 1.165) is 26.4 Å². The van der Waals surface area contributed by atoms with E-state index in [-0.39, 0.29) is 10.9 Å². The molecule has 0 saturated heterocycles. The zero-order valence-electron chi connectivity index (χ0n) is 12.8. The van der Waals surface area contributed by atoms with Gasteiger partial charge in [0, 0.05) is 26.2 Å². The molecule has 0 fully saturated rings. The van der Waals surface area contributed by atoms with Gasteiger partial charge in [-0.1, -0.05) is 0 Å². The first-order valence-electron chi connectivity index (χ1n) is 6.11. The van der Waals surface area contributed by atoms with Crippen LogP contribution in [0.1, 0.15) is 20.7 Å². The number of nitrogens with zero attached hydrogens (tertiary/aromatic N) is 2. The summed E-state index contributed by atoms with van der Waals surface area (Å²) < 4.78 is 14.3. The Kier molecular flexibility index (Phi) is 5.96. The standard InChI is InChI=1S/C13H14N2O7S/c1-14(2)13(23)22-7-5-8(11(16)20-3)10(15(18)19)9(6-7)12(17)21-4/h5-6H,1-4H3. The van der Waals surface area contributed by atoms with Gasteiger partial charge in [0.25, 0.3) is 10.9 Å². The highest BCUT2D eigenvalue weighted by molar-refractivity contribution is 7.80. The van der Waals surface area contributed by atoms with E-state index < -0.39 is 33.7 Å². The Morgan fingerprint density at radius 3 is 1.87 bits per heavy atom. The summed E-state index contributed by atoms with van der Waals surface area (Å²) >= 11 is 4.96. The Bertz CT molecular complexity index is 635. The van der Waals surface area contributed by atoms with Crippen molar-refractivity contribution in [3.63, 3.8) is 0 Å². The lowest BCUT2D eigenvalue weighted by Gasteiger charge is -2.15. The largest absolute Gasteiger partial charge is 0.465 e. The van der Waals surface area contributed by atoms with Crippen LogP contribution in [0.25, 0.3) is 0 Å². The molecule has 10 heteroatoms. The minimum atomic E-state index is -0.997. The molecule has 1 aromatic carbocycles. The Labute approximate surface area is 136 Å². The second kappa shape index (κ2) is 7.49. The summed E-state index contributed by atoms with van der Waals surface area (Å²) in [6.07, 6.45) is 0. The van der Waals surface area contributed by atoms with Crippen LogP contribution in [-0.4, -0.2) is 55.3 Å². The number of methoxy groups -OCH3 is 2. The molecule has 1 rings (SSSR count). The molecule has 0 heterocycles. The Morgan fingerprint density at radius 1 is 1.13 bits per heavy atom. The van der Waals surface area contributed by atoms with E-state index in [9.17, 15) is 19.7 Å². The smallest absolute Gasteiger partial charge is 0.345 e. The molecule has 1 aromatic rings. The summed E-state index contributed by atoms with van der Waals surface area (Å²) in [5.74, 6) is -2.03. The molecule has 0 aliphatic rings. The van der Waals surface area contributed by atoms with Crippen molar-refractivity contribution in [2.45, 2.75) is 0 Å². The number of hydrogen-bond donors (Lipinski definition) is 0. The van der Waals surface area contributed by atoms with E-state index in [2.05, 4.69) is 9.47 Å². The third-order valence-corrected chi connectivity index (χ3v) is 3.10. The molecule has 0 N–H and O–H groups in total. The van der Waals surface area contributed by atoms with E-state index in [1.807, 2.05) is 0 Å². The van der Waals surface area contributed by atoms with Crippen molar-refractivity contribution in [1.29, 1.82) is 0 Å². The molecule has 124 valence electrons. The molecule has 0 aliphatic carbocycles. The number of carbonyl (C=O) groups is 2. The van der Waals surface area contributed by atoms with Gasteiger partial charge in [0.05, 0.1) is 19.1 Å². The van der Waals surface area contributed by atoms with Gasteiger partial charge in [0.1, 0.15) is 16.9 Å². The van der Waals surface area contributed by atoms with Crippen LogP contribution in [0.15, 0.2) is 12.1 Å². The highest BCUT2D eigenvalue weighted by Gasteiger charge is 2.31. The highest BCUT2D eigenvalue weighted by Crippen LogP contribution is 2.31. The second-order valence-corrected chi connectivity index (χ2v) is 4.72. The first-order valence-corrected chi connectivity index (χ1v) is 6.52. The van der Waals surface area contributed by atoms with Crippen LogP contribution < -0.4 is 4.74 Å². The van der Waals surface area contributed by atoms with Crippen molar-refractivity contribution in [3.05, 3.63) is 33.4 Å². The van der Waals surface area contributed by atoms with Gasteiger partial charge in [-0.2, -0.15) is 0 Å². The lowest BCUT2D eigenvalue weighted by molar-refractivity contribution is -0.385. The molecule has 0 radical (unpaired) electrons. The van der Waals surface area contributed by atoms with Crippen LogP contribution in [0.5, 0.6) is 5.75 Å². The van der Waals surface area contributed by atoms with Crippen LogP contribution in [0.3, 0.4) is 0 Å². The number of esters is 2. The molecule has 0 atom stereocenters. The first-order chi connectivity index (χ1) is 10.7. The summed E-state index contributed by atoms with van der Waals surface area (Å²) in [4.78, 5) is 35.4. The number of nitro groups is 1. The minimum Gasteiger partial charge on any atom is -0.465 e. The van der Waals surface area contributed by atoms with Crippen LogP contribution in [-0.2, 0) is 9.47 Å². The third-order valence-electron chi connectivity index (χ3n) is 2.65. The molecular formula is C13H14N2O7S. The molecule has 0 unspecified atom stereocenters. The molecule has 9 nitrogen and oxygen atoms in total. The fourth-order valence-corrected chi connectivity index (χ4v) is 1.68. The number of nitro benzene ring substituents is 1. The van der Waals surface area contributed by atoms with E-state index in [1.54, 1.807) is 14.1 Å². The van der Waals surface area contributed by atoms with Gasteiger partial charge in [0.2, 0.25) is 0 Å². The quantitative estimate of drug-likeness (QED) is 0.347. The maximum Gasteiger partial charge on any atom is 0.345 e. The Hall–Kier alpha value is -2.75. The van der Waals surface area contributed by atoms with Gasteiger partial charge in [0.15, 0.2) is 0 Å². The Morgan fingerprint density at radius 2 is 1.57 bits per heavy atom. The van der Waals surface area contributed by atoms with Crippen molar-refractivity contribution in [1.82, 2.24) is 4.90 Å². The monoisotopic (exact) mass is 342 g/mol. The van der Waals surface area contributed by atoms with Gasteiger partial charge < -0.3 is 19.1 Å². The third kappa shape index (κ3) is 4.13. The van der Waals surface area contributed by atoms with Crippen molar-refractivity contribution < 1.29 is 28.7 Å². The van der Waals surface area contributed by atoms with Gasteiger partial charge in [-0.3, -0.25) is 10.1 Å². The molecule has 0 saturated carbocycles. The SMILES string of the molecule is COC(=O)c1cc(OC(=S)N(C)C)cc(C(=O)OC)c1[N+](=O)[O-]. The van der Waals surface area contributed by atoms with Gasteiger partial charge in [-0.15, -0.1) is 0 Å². The van der Waals surface area contributed by atoms with E-state index >= 15 is 0 Å². The maximum atomic E-state index is 11.8. The van der Waals surface area contributed by atoms with Crippen molar-refractivity contribution in [3.8, 4) is 5.75 Å². The summed E-state index contributed by atoms with van der Waals surface area (Å²) in [5, 5.41) is 11.3. The van der Waals surface area contributed by atoms with E-state index in [1.165, 1.54) is 4.90 Å². The van der Waals surface area contributed by atoms with Crippen molar-refractivity contribution in [2.75, 3.05) is 28.3 Å². The molecule has 23 heavy (non-hydrogen) atoms. The number of benzene rings is 1. The van der Waals surface area contributed by atoms with Gasteiger partial charge >= 0.3 is 11.9 Å². The minimum absolute atomic E-state index is 0.0323. The lowest BCUT2D eigenvalue weighted by atomic mass is 10.1. The molecule has 0 aliphatic heterocycles. The number of rotatable bonds is 4. The number of carbonyl (C=O) groups excluding carboxylic acids is 2. The van der Waals surface area contributed by atoms with Crippen molar-refractivity contribution >= 4 is 35.0 Å². The highest BCUT2D eigenvalue weighted by atomic mass is 32.1.